The molecule has 1 atom stereocenters. The van der Waals surface area contributed by atoms with Gasteiger partial charge in [0.1, 0.15) is 0 Å². The highest BCUT2D eigenvalue weighted by atomic mass is 19.4. The third-order valence-electron chi connectivity index (χ3n) is 5.42. The number of benzene rings is 1. The Morgan fingerprint density at radius 3 is 2.55 bits per heavy atom. The highest BCUT2D eigenvalue weighted by Gasteiger charge is 2.30. The minimum absolute atomic E-state index is 0.0144. The molecule has 2 heterocycles. The third-order valence-corrected chi connectivity index (χ3v) is 5.42. The molecule has 6 nitrogen and oxygen atoms in total. The third kappa shape index (κ3) is 3.88. The molecule has 0 bridgehead atoms. The number of aromatic nitrogens is 4. The van der Waals surface area contributed by atoms with Crippen molar-refractivity contribution >= 4 is 22.9 Å². The molecule has 0 radical (unpaired) electrons. The fraction of sp³-hybridized carbons (Fsp3) is 0.400. The molecule has 0 aliphatic heterocycles. The minimum Gasteiger partial charge on any atom is -0.394 e. The number of halogens is 3. The number of anilines is 1. The molecule has 1 saturated carbocycles. The molecule has 0 unspecified atom stereocenters. The summed E-state index contributed by atoms with van der Waals surface area (Å²) in [5, 5.41) is 3.40. The second kappa shape index (κ2) is 7.35. The lowest BCUT2D eigenvalue weighted by molar-refractivity contribution is -0.137. The normalized spacial score (nSPS) is 15.7. The molecule has 1 aliphatic carbocycles. The molecule has 0 amide bonds. The van der Waals surface area contributed by atoms with Crippen LogP contribution in [-0.2, 0) is 12.7 Å². The van der Waals surface area contributed by atoms with Crippen LogP contribution in [0.4, 0.5) is 24.9 Å². The van der Waals surface area contributed by atoms with Crippen LogP contribution in [0.1, 0.15) is 37.3 Å². The van der Waals surface area contributed by atoms with Gasteiger partial charge >= 0.3 is 12.1 Å². The van der Waals surface area contributed by atoms with E-state index in [1.807, 2.05) is 0 Å². The summed E-state index contributed by atoms with van der Waals surface area (Å²) in [6.07, 6.45) is 0.740. The van der Waals surface area contributed by atoms with Crippen molar-refractivity contribution in [2.45, 2.75) is 44.9 Å². The number of nitrogens with zero attached hydrogens (tertiary/aromatic N) is 5. The topological polar surface area (TPSA) is 60.0 Å². The Balaban J connectivity index is 1.66. The summed E-state index contributed by atoms with van der Waals surface area (Å²) in [4.78, 5) is 16.1. The molecule has 9 heteroatoms. The summed E-state index contributed by atoms with van der Waals surface area (Å²) in [5.41, 5.74) is 1.05. The smallest absolute Gasteiger partial charge is 0.394 e. The van der Waals surface area contributed by atoms with Gasteiger partial charge in [0.25, 0.3) is 0 Å². The lowest BCUT2D eigenvalue weighted by atomic mass is 9.80. The van der Waals surface area contributed by atoms with E-state index in [2.05, 4.69) is 32.0 Å². The fourth-order valence-electron chi connectivity index (χ4n) is 3.51. The van der Waals surface area contributed by atoms with Crippen LogP contribution in [0.5, 0.6) is 0 Å². The molecule has 1 N–H and O–H groups in total. The Bertz CT molecular complexity index is 1060. The van der Waals surface area contributed by atoms with Gasteiger partial charge in [-0.15, -0.1) is 16.5 Å². The second-order valence-corrected chi connectivity index (χ2v) is 7.35. The molecule has 1 fully saturated rings. The molecule has 3 aromatic rings. The van der Waals surface area contributed by atoms with E-state index in [4.69, 9.17) is 6.57 Å². The zero-order chi connectivity index (χ0) is 20.6. The number of hydrogen-bond acceptors (Lipinski definition) is 4. The first-order valence-corrected chi connectivity index (χ1v) is 9.38. The molecule has 2 aromatic heterocycles. The standard InChI is InChI=1S/C20H19F3N6/c1-12(14-4-3-5-14)26-18-16-17(27-19(24-2)28-18)25-11-29(16)10-13-6-8-15(9-7-13)20(21,22)23/h6-9,11-12,14H,3-5,10H2,1H3,(H,26,27,28)/t12-/m1/s1. The molecule has 150 valence electrons. The van der Waals surface area contributed by atoms with Crippen molar-refractivity contribution < 1.29 is 13.2 Å². The van der Waals surface area contributed by atoms with Gasteiger partial charge in [-0.25, -0.2) is 4.98 Å². The molecule has 0 saturated heterocycles. The molecular weight excluding hydrogens is 381 g/mol. The fourth-order valence-corrected chi connectivity index (χ4v) is 3.51. The van der Waals surface area contributed by atoms with Crippen molar-refractivity contribution in [1.29, 1.82) is 0 Å². The Kier molecular flexibility index (Phi) is 4.86. The number of alkyl halides is 3. The van der Waals surface area contributed by atoms with Crippen LogP contribution < -0.4 is 5.32 Å². The van der Waals surface area contributed by atoms with Crippen molar-refractivity contribution in [2.75, 3.05) is 5.32 Å². The zero-order valence-corrected chi connectivity index (χ0v) is 15.7. The number of nitrogens with one attached hydrogen (secondary N) is 1. The van der Waals surface area contributed by atoms with Crippen LogP contribution >= 0.6 is 0 Å². The molecule has 1 aliphatic rings. The van der Waals surface area contributed by atoms with Crippen LogP contribution in [0, 0.1) is 12.5 Å². The first-order chi connectivity index (χ1) is 13.8. The summed E-state index contributed by atoms with van der Waals surface area (Å²) in [6.45, 7) is 9.64. The molecule has 0 spiro atoms. The van der Waals surface area contributed by atoms with Gasteiger partial charge < -0.3 is 14.7 Å². The van der Waals surface area contributed by atoms with Gasteiger partial charge in [0, 0.05) is 12.6 Å². The van der Waals surface area contributed by atoms with Gasteiger partial charge in [0.05, 0.1) is 11.9 Å². The predicted octanol–water partition coefficient (Wildman–Crippen LogP) is 5.04. The van der Waals surface area contributed by atoms with E-state index in [9.17, 15) is 13.2 Å². The maximum Gasteiger partial charge on any atom is 0.416 e. The molecule has 1 aromatic carbocycles. The summed E-state index contributed by atoms with van der Waals surface area (Å²) < 4.78 is 40.2. The molecular formula is C20H19F3N6. The van der Waals surface area contributed by atoms with Gasteiger partial charge in [-0.1, -0.05) is 18.6 Å². The number of imidazole rings is 1. The average Bonchev–Trinajstić information content (AvgIpc) is 3.02. The first-order valence-electron chi connectivity index (χ1n) is 9.38. The largest absolute Gasteiger partial charge is 0.416 e. The summed E-state index contributed by atoms with van der Waals surface area (Å²) in [5.74, 6) is 1.10. The van der Waals surface area contributed by atoms with Crippen molar-refractivity contribution in [2.24, 2.45) is 5.92 Å². The average molecular weight is 400 g/mol. The van der Waals surface area contributed by atoms with Gasteiger partial charge in [-0.3, -0.25) is 0 Å². The number of fused-ring (bicyclic) bond motifs is 1. The van der Waals surface area contributed by atoms with Gasteiger partial charge in [-0.2, -0.15) is 13.2 Å². The van der Waals surface area contributed by atoms with Gasteiger partial charge in [0.2, 0.25) is 11.5 Å². The number of rotatable bonds is 5. The van der Waals surface area contributed by atoms with Gasteiger partial charge in [-0.05, 0) is 43.4 Å². The van der Waals surface area contributed by atoms with Crippen molar-refractivity contribution in [3.8, 4) is 0 Å². The Labute approximate surface area is 165 Å². The van der Waals surface area contributed by atoms with Crippen LogP contribution in [0.2, 0.25) is 0 Å². The summed E-state index contributed by atoms with van der Waals surface area (Å²) in [7, 11) is 0. The van der Waals surface area contributed by atoms with E-state index in [0.29, 0.717) is 35.0 Å². The quantitative estimate of drug-likeness (QED) is 0.609. The molecule has 29 heavy (non-hydrogen) atoms. The Morgan fingerprint density at radius 2 is 1.97 bits per heavy atom. The number of hydrogen-bond donors (Lipinski definition) is 1. The van der Waals surface area contributed by atoms with Crippen LogP contribution in [-0.4, -0.2) is 25.6 Å². The molecule has 4 rings (SSSR count). The highest BCUT2D eigenvalue weighted by Crippen LogP contribution is 2.33. The first kappa shape index (κ1) is 19.2. The van der Waals surface area contributed by atoms with Gasteiger partial charge in [0.15, 0.2) is 5.52 Å². The second-order valence-electron chi connectivity index (χ2n) is 7.35. The maximum atomic E-state index is 12.8. The highest BCUT2D eigenvalue weighted by molar-refractivity contribution is 5.84. The van der Waals surface area contributed by atoms with Crippen molar-refractivity contribution in [3.63, 3.8) is 0 Å². The predicted molar refractivity (Wildman–Crippen MR) is 103 cm³/mol. The maximum absolute atomic E-state index is 12.8. The van der Waals surface area contributed by atoms with E-state index in [-0.39, 0.29) is 12.0 Å². The summed E-state index contributed by atoms with van der Waals surface area (Å²) >= 11 is 0. The van der Waals surface area contributed by atoms with E-state index in [0.717, 1.165) is 25.0 Å². The Hall–Kier alpha value is -3.15. The minimum atomic E-state index is -4.36. The summed E-state index contributed by atoms with van der Waals surface area (Å²) in [6, 6.07) is 5.23. The SMILES string of the molecule is [C-]#[N+]c1nc(N[C@H](C)C2CCC2)c2c(ncn2Cc2ccc(C(F)(F)F)cc2)n1. The zero-order valence-electron chi connectivity index (χ0n) is 15.7. The van der Waals surface area contributed by atoms with E-state index >= 15 is 0 Å². The Morgan fingerprint density at radius 1 is 1.24 bits per heavy atom. The van der Waals surface area contributed by atoms with Crippen LogP contribution in [0.25, 0.3) is 16.0 Å². The lowest BCUT2D eigenvalue weighted by Gasteiger charge is -2.31. The van der Waals surface area contributed by atoms with Crippen LogP contribution in [0.3, 0.4) is 0 Å². The van der Waals surface area contributed by atoms with E-state index < -0.39 is 11.7 Å². The monoisotopic (exact) mass is 400 g/mol. The van der Waals surface area contributed by atoms with Crippen molar-refractivity contribution in [1.82, 2.24) is 19.5 Å². The van der Waals surface area contributed by atoms with Crippen LogP contribution in [0.15, 0.2) is 30.6 Å². The van der Waals surface area contributed by atoms with E-state index in [1.54, 1.807) is 10.9 Å². The van der Waals surface area contributed by atoms with E-state index in [1.165, 1.54) is 18.6 Å². The van der Waals surface area contributed by atoms with Crippen molar-refractivity contribution in [3.05, 3.63) is 53.1 Å². The lowest BCUT2D eigenvalue weighted by Crippen LogP contribution is -2.31.